The van der Waals surface area contributed by atoms with Gasteiger partial charge in [-0.3, -0.25) is 4.79 Å². The highest BCUT2D eigenvalue weighted by Gasteiger charge is 2.05. The Morgan fingerprint density at radius 2 is 2.08 bits per heavy atom. The van der Waals surface area contributed by atoms with Gasteiger partial charge in [-0.05, 0) is 18.2 Å². The molecule has 1 nitrogen and oxygen atoms in total. The van der Waals surface area contributed by atoms with Crippen LogP contribution < -0.4 is 0 Å². The molecule has 0 saturated carbocycles. The van der Waals surface area contributed by atoms with Gasteiger partial charge in [-0.25, -0.2) is 0 Å². The van der Waals surface area contributed by atoms with Crippen molar-refractivity contribution >= 4 is 44.9 Å². The Morgan fingerprint density at radius 1 is 1.42 bits per heavy atom. The fourth-order valence-corrected chi connectivity index (χ4v) is 1.81. The van der Waals surface area contributed by atoms with Crippen LogP contribution in [0.5, 0.6) is 0 Å². The molecular weight excluding hydrogens is 263 g/mol. The molecule has 0 N–H and O–H groups in total. The number of hydrogen-bond acceptors (Lipinski definition) is 1. The first-order chi connectivity index (χ1) is 5.63. The largest absolute Gasteiger partial charge is 0.293 e. The van der Waals surface area contributed by atoms with Gasteiger partial charge < -0.3 is 0 Å². The number of carbonyl (C=O) groups is 1. The van der Waals surface area contributed by atoms with Gasteiger partial charge in [0, 0.05) is 15.1 Å². The topological polar surface area (TPSA) is 17.1 Å². The summed E-state index contributed by atoms with van der Waals surface area (Å²) in [5.41, 5.74) is 0.532. The first-order valence-corrected chi connectivity index (χ1v) is 4.89. The molecule has 0 radical (unpaired) electrons. The minimum atomic E-state index is -0.125. The lowest BCUT2D eigenvalue weighted by atomic mass is 10.1. The van der Waals surface area contributed by atoms with Crippen molar-refractivity contribution < 1.29 is 4.79 Å². The molecule has 0 atom stereocenters. The molecule has 0 amide bonds. The van der Waals surface area contributed by atoms with E-state index >= 15 is 0 Å². The third kappa shape index (κ3) is 2.47. The SMILES string of the molecule is O=C(CCl)c1cc(Cl)cc(Br)c1. The summed E-state index contributed by atoms with van der Waals surface area (Å²) in [6, 6.07) is 5.00. The van der Waals surface area contributed by atoms with Gasteiger partial charge in [0.1, 0.15) is 0 Å². The minimum Gasteiger partial charge on any atom is -0.293 e. The van der Waals surface area contributed by atoms with E-state index in [0.29, 0.717) is 10.6 Å². The number of rotatable bonds is 2. The van der Waals surface area contributed by atoms with Crippen molar-refractivity contribution in [3.8, 4) is 0 Å². The summed E-state index contributed by atoms with van der Waals surface area (Å²) in [6.07, 6.45) is 0. The monoisotopic (exact) mass is 266 g/mol. The zero-order valence-corrected chi connectivity index (χ0v) is 9.08. The molecular formula is C8H5BrCl2O. The number of hydrogen-bond donors (Lipinski definition) is 0. The number of halogens is 3. The average Bonchev–Trinajstić information content (AvgIpc) is 2.01. The predicted octanol–water partition coefficient (Wildman–Crippen LogP) is 3.52. The van der Waals surface area contributed by atoms with Crippen molar-refractivity contribution in [3.63, 3.8) is 0 Å². The Bertz CT molecular complexity index is 292. The Labute approximate surface area is 88.8 Å². The molecule has 0 aliphatic heterocycles. The van der Waals surface area contributed by atoms with Crippen LogP contribution in [0.4, 0.5) is 0 Å². The van der Waals surface area contributed by atoms with E-state index in [4.69, 9.17) is 23.2 Å². The van der Waals surface area contributed by atoms with Crippen molar-refractivity contribution in [2.45, 2.75) is 0 Å². The first kappa shape index (κ1) is 10.0. The van der Waals surface area contributed by atoms with Crippen molar-refractivity contribution in [2.24, 2.45) is 0 Å². The molecule has 0 fully saturated rings. The standard InChI is InChI=1S/C8H5BrCl2O/c9-6-1-5(8(12)4-10)2-7(11)3-6/h1-3H,4H2. The highest BCUT2D eigenvalue weighted by Crippen LogP contribution is 2.19. The van der Waals surface area contributed by atoms with Gasteiger partial charge >= 0.3 is 0 Å². The number of alkyl halides is 1. The summed E-state index contributed by atoms with van der Waals surface area (Å²) in [5.74, 6) is -0.146. The molecule has 0 spiro atoms. The van der Waals surface area contributed by atoms with E-state index in [9.17, 15) is 4.79 Å². The summed E-state index contributed by atoms with van der Waals surface area (Å²) in [7, 11) is 0. The lowest BCUT2D eigenvalue weighted by Gasteiger charge is -1.98. The van der Waals surface area contributed by atoms with Gasteiger partial charge in [-0.2, -0.15) is 0 Å². The van der Waals surface area contributed by atoms with E-state index < -0.39 is 0 Å². The first-order valence-electron chi connectivity index (χ1n) is 3.18. The number of Topliss-reactive ketones (excluding diaryl/α,β-unsaturated/α-hetero) is 1. The molecule has 64 valence electrons. The van der Waals surface area contributed by atoms with Crippen LogP contribution in [-0.4, -0.2) is 11.7 Å². The Balaban J connectivity index is 3.08. The third-order valence-corrected chi connectivity index (χ3v) is 2.22. The Hall–Kier alpha value is -0.0500. The van der Waals surface area contributed by atoms with Crippen LogP contribution in [0.1, 0.15) is 10.4 Å². The fourth-order valence-electron chi connectivity index (χ4n) is 0.792. The molecule has 1 aromatic rings. The van der Waals surface area contributed by atoms with Crippen LogP contribution in [0.25, 0.3) is 0 Å². The van der Waals surface area contributed by atoms with Gasteiger partial charge in [0.15, 0.2) is 5.78 Å². The number of carbonyl (C=O) groups excluding carboxylic acids is 1. The van der Waals surface area contributed by atoms with E-state index in [1.54, 1.807) is 18.2 Å². The average molecular weight is 268 g/mol. The third-order valence-electron chi connectivity index (χ3n) is 1.31. The van der Waals surface area contributed by atoms with Crippen LogP contribution in [0.3, 0.4) is 0 Å². The maximum atomic E-state index is 11.1. The molecule has 0 aromatic heterocycles. The van der Waals surface area contributed by atoms with Crippen LogP contribution in [-0.2, 0) is 0 Å². The Kier molecular flexibility index (Phi) is 3.56. The highest BCUT2D eigenvalue weighted by molar-refractivity contribution is 9.10. The molecule has 12 heavy (non-hydrogen) atoms. The van der Waals surface area contributed by atoms with Crippen molar-refractivity contribution in [3.05, 3.63) is 33.3 Å². The second kappa shape index (κ2) is 4.26. The second-order valence-corrected chi connectivity index (χ2v) is 3.83. The summed E-state index contributed by atoms with van der Waals surface area (Å²) in [6.45, 7) is 0. The normalized spacial score (nSPS) is 9.92. The van der Waals surface area contributed by atoms with Gasteiger partial charge in [0.2, 0.25) is 0 Å². The maximum absolute atomic E-state index is 11.1. The van der Waals surface area contributed by atoms with Gasteiger partial charge in [-0.1, -0.05) is 27.5 Å². The van der Waals surface area contributed by atoms with E-state index in [1.807, 2.05) is 0 Å². The Morgan fingerprint density at radius 3 is 2.58 bits per heavy atom. The van der Waals surface area contributed by atoms with Crippen LogP contribution in [0.2, 0.25) is 5.02 Å². The molecule has 1 aromatic carbocycles. The van der Waals surface area contributed by atoms with Gasteiger partial charge in [0.25, 0.3) is 0 Å². The molecule has 0 saturated heterocycles. The second-order valence-electron chi connectivity index (χ2n) is 2.21. The molecule has 1 rings (SSSR count). The summed E-state index contributed by atoms with van der Waals surface area (Å²) < 4.78 is 0.781. The lowest BCUT2D eigenvalue weighted by molar-refractivity contribution is 0.102. The summed E-state index contributed by atoms with van der Waals surface area (Å²) in [5, 5.41) is 0.526. The summed E-state index contributed by atoms with van der Waals surface area (Å²) >= 11 is 14.3. The maximum Gasteiger partial charge on any atom is 0.177 e. The molecule has 0 aliphatic rings. The van der Waals surface area contributed by atoms with Gasteiger partial charge in [0.05, 0.1) is 5.88 Å². The number of ketones is 1. The molecule has 0 aliphatic carbocycles. The molecule has 0 bridgehead atoms. The van der Waals surface area contributed by atoms with E-state index in [2.05, 4.69) is 15.9 Å². The van der Waals surface area contributed by atoms with E-state index in [-0.39, 0.29) is 11.7 Å². The minimum absolute atomic E-state index is 0.0210. The zero-order chi connectivity index (χ0) is 9.14. The fraction of sp³-hybridized carbons (Fsp3) is 0.125. The lowest BCUT2D eigenvalue weighted by Crippen LogP contribution is -1.99. The summed E-state index contributed by atoms with van der Waals surface area (Å²) in [4.78, 5) is 11.1. The van der Waals surface area contributed by atoms with Gasteiger partial charge in [-0.15, -0.1) is 11.6 Å². The van der Waals surface area contributed by atoms with Crippen molar-refractivity contribution in [1.29, 1.82) is 0 Å². The predicted molar refractivity (Wildman–Crippen MR) is 54.2 cm³/mol. The number of benzene rings is 1. The van der Waals surface area contributed by atoms with Crippen LogP contribution in [0.15, 0.2) is 22.7 Å². The van der Waals surface area contributed by atoms with E-state index in [0.717, 1.165) is 4.47 Å². The quantitative estimate of drug-likeness (QED) is 0.592. The van der Waals surface area contributed by atoms with Crippen LogP contribution >= 0.6 is 39.1 Å². The smallest absolute Gasteiger partial charge is 0.177 e. The zero-order valence-electron chi connectivity index (χ0n) is 5.98. The van der Waals surface area contributed by atoms with Crippen LogP contribution in [0, 0.1) is 0 Å². The molecule has 0 heterocycles. The van der Waals surface area contributed by atoms with Crippen molar-refractivity contribution in [1.82, 2.24) is 0 Å². The van der Waals surface area contributed by atoms with E-state index in [1.165, 1.54) is 0 Å². The molecule has 0 unspecified atom stereocenters. The van der Waals surface area contributed by atoms with Crippen molar-refractivity contribution in [2.75, 3.05) is 5.88 Å². The highest BCUT2D eigenvalue weighted by atomic mass is 79.9. The molecule has 4 heteroatoms.